The third-order valence-electron chi connectivity index (χ3n) is 2.89. The van der Waals surface area contributed by atoms with Gasteiger partial charge in [-0.3, -0.25) is 9.59 Å². The smallest absolute Gasteiger partial charge is 0.269 e. The molecule has 110 valence electrons. The molecule has 1 aromatic carbocycles. The van der Waals surface area contributed by atoms with Crippen LogP contribution in [0.5, 0.6) is 0 Å². The summed E-state index contributed by atoms with van der Waals surface area (Å²) in [6.45, 7) is 0.817. The van der Waals surface area contributed by atoms with Gasteiger partial charge in [-0.15, -0.1) is 0 Å². The molecule has 6 heteroatoms. The van der Waals surface area contributed by atoms with Crippen molar-refractivity contribution in [3.8, 4) is 11.3 Å². The SMILES string of the molecule is COCCNC(=O)Cn1cc(-c2ccccc2)ncc1=O. The average Bonchev–Trinajstić information content (AvgIpc) is 2.51. The summed E-state index contributed by atoms with van der Waals surface area (Å²) in [6, 6.07) is 9.49. The summed E-state index contributed by atoms with van der Waals surface area (Å²) < 4.78 is 6.19. The number of benzene rings is 1. The molecule has 1 amide bonds. The van der Waals surface area contributed by atoms with Crippen molar-refractivity contribution in [3.63, 3.8) is 0 Å². The van der Waals surface area contributed by atoms with Crippen molar-refractivity contribution in [2.75, 3.05) is 20.3 Å². The maximum absolute atomic E-state index is 11.8. The normalized spacial score (nSPS) is 10.3. The average molecular weight is 287 g/mol. The highest BCUT2D eigenvalue weighted by molar-refractivity contribution is 5.75. The van der Waals surface area contributed by atoms with Gasteiger partial charge in [0.1, 0.15) is 6.54 Å². The van der Waals surface area contributed by atoms with Gasteiger partial charge in [0.2, 0.25) is 5.91 Å². The predicted octanol–water partition coefficient (Wildman–Crippen LogP) is 0.673. The van der Waals surface area contributed by atoms with E-state index in [1.165, 1.54) is 10.8 Å². The van der Waals surface area contributed by atoms with Crippen LogP contribution >= 0.6 is 0 Å². The van der Waals surface area contributed by atoms with Gasteiger partial charge in [-0.1, -0.05) is 30.3 Å². The molecule has 0 saturated heterocycles. The van der Waals surface area contributed by atoms with Crippen molar-refractivity contribution in [2.45, 2.75) is 6.54 Å². The summed E-state index contributed by atoms with van der Waals surface area (Å²) >= 11 is 0. The number of carbonyl (C=O) groups is 1. The highest BCUT2D eigenvalue weighted by Gasteiger charge is 2.06. The van der Waals surface area contributed by atoms with Gasteiger partial charge >= 0.3 is 0 Å². The van der Waals surface area contributed by atoms with E-state index in [2.05, 4.69) is 10.3 Å². The van der Waals surface area contributed by atoms with Crippen molar-refractivity contribution in [2.24, 2.45) is 0 Å². The van der Waals surface area contributed by atoms with E-state index in [9.17, 15) is 9.59 Å². The van der Waals surface area contributed by atoms with Crippen LogP contribution in [0, 0.1) is 0 Å². The lowest BCUT2D eigenvalue weighted by molar-refractivity contribution is -0.121. The first kappa shape index (κ1) is 14.9. The first-order valence-corrected chi connectivity index (χ1v) is 6.58. The maximum atomic E-state index is 11.8. The summed E-state index contributed by atoms with van der Waals surface area (Å²) in [7, 11) is 1.56. The fourth-order valence-electron chi connectivity index (χ4n) is 1.83. The first-order valence-electron chi connectivity index (χ1n) is 6.58. The molecule has 0 fully saturated rings. The molecule has 0 spiro atoms. The number of methoxy groups -OCH3 is 1. The van der Waals surface area contributed by atoms with Gasteiger partial charge in [0.05, 0.1) is 18.5 Å². The molecule has 0 aliphatic rings. The van der Waals surface area contributed by atoms with Crippen LogP contribution in [0.2, 0.25) is 0 Å². The molecule has 0 unspecified atom stereocenters. The van der Waals surface area contributed by atoms with Gasteiger partial charge in [0, 0.05) is 25.4 Å². The fourth-order valence-corrected chi connectivity index (χ4v) is 1.83. The van der Waals surface area contributed by atoms with E-state index >= 15 is 0 Å². The van der Waals surface area contributed by atoms with Gasteiger partial charge in [-0.25, -0.2) is 4.98 Å². The van der Waals surface area contributed by atoms with Crippen LogP contribution in [-0.4, -0.2) is 35.7 Å². The number of nitrogens with zero attached hydrogens (tertiary/aromatic N) is 2. The Balaban J connectivity index is 2.13. The van der Waals surface area contributed by atoms with Gasteiger partial charge < -0.3 is 14.6 Å². The summed E-state index contributed by atoms with van der Waals surface area (Å²) in [6.07, 6.45) is 2.82. The molecular weight excluding hydrogens is 270 g/mol. The quantitative estimate of drug-likeness (QED) is 0.793. The van der Waals surface area contributed by atoms with Gasteiger partial charge in [-0.2, -0.15) is 0 Å². The molecule has 1 aromatic heterocycles. The van der Waals surface area contributed by atoms with Crippen LogP contribution in [0.25, 0.3) is 11.3 Å². The summed E-state index contributed by atoms with van der Waals surface area (Å²) in [5.41, 5.74) is 1.24. The lowest BCUT2D eigenvalue weighted by atomic mass is 10.2. The van der Waals surface area contributed by atoms with Crippen LogP contribution in [0.15, 0.2) is 47.5 Å². The molecule has 1 heterocycles. The molecule has 2 rings (SSSR count). The Labute approximate surface area is 122 Å². The Hall–Kier alpha value is -2.47. The van der Waals surface area contributed by atoms with Gasteiger partial charge in [-0.05, 0) is 0 Å². The van der Waals surface area contributed by atoms with Crippen molar-refractivity contribution >= 4 is 5.91 Å². The fraction of sp³-hybridized carbons (Fsp3) is 0.267. The zero-order chi connectivity index (χ0) is 15.1. The second-order valence-electron chi connectivity index (χ2n) is 4.45. The Kier molecular flexibility index (Phi) is 5.22. The van der Waals surface area contributed by atoms with Gasteiger partial charge in [0.15, 0.2) is 0 Å². The van der Waals surface area contributed by atoms with E-state index in [4.69, 9.17) is 4.74 Å². The molecule has 21 heavy (non-hydrogen) atoms. The monoisotopic (exact) mass is 287 g/mol. The number of aromatic nitrogens is 2. The van der Waals surface area contributed by atoms with Crippen molar-refractivity contribution in [1.29, 1.82) is 0 Å². The Morgan fingerprint density at radius 3 is 2.81 bits per heavy atom. The second kappa shape index (κ2) is 7.35. The lowest BCUT2D eigenvalue weighted by Crippen LogP contribution is -2.33. The Morgan fingerprint density at radius 1 is 1.33 bits per heavy atom. The first-order chi connectivity index (χ1) is 10.2. The van der Waals surface area contributed by atoms with Crippen molar-refractivity contribution in [3.05, 3.63) is 53.1 Å². The number of carbonyl (C=O) groups excluding carboxylic acids is 1. The molecular formula is C15H17N3O3. The number of ether oxygens (including phenoxy) is 1. The van der Waals surface area contributed by atoms with Crippen LogP contribution in [0.1, 0.15) is 0 Å². The van der Waals surface area contributed by atoms with E-state index in [-0.39, 0.29) is 18.0 Å². The molecule has 0 saturated carbocycles. The van der Waals surface area contributed by atoms with E-state index in [0.717, 1.165) is 5.56 Å². The third kappa shape index (κ3) is 4.25. The molecule has 0 atom stereocenters. The van der Waals surface area contributed by atoms with Gasteiger partial charge in [0.25, 0.3) is 5.56 Å². The topological polar surface area (TPSA) is 73.2 Å². The van der Waals surface area contributed by atoms with Crippen LogP contribution in [0.4, 0.5) is 0 Å². The molecule has 0 aliphatic carbocycles. The minimum Gasteiger partial charge on any atom is -0.383 e. The van der Waals surface area contributed by atoms with Crippen LogP contribution in [0.3, 0.4) is 0 Å². The van der Waals surface area contributed by atoms with Crippen LogP contribution < -0.4 is 10.9 Å². The minimum atomic E-state index is -0.309. The number of amides is 1. The summed E-state index contributed by atoms with van der Waals surface area (Å²) in [4.78, 5) is 27.6. The summed E-state index contributed by atoms with van der Waals surface area (Å²) in [5, 5.41) is 2.67. The predicted molar refractivity (Wildman–Crippen MR) is 78.8 cm³/mol. The Morgan fingerprint density at radius 2 is 2.10 bits per heavy atom. The standard InChI is InChI=1S/C15H17N3O3/c1-21-8-7-16-14(19)11-18-10-13(17-9-15(18)20)12-5-3-2-4-6-12/h2-6,9-10H,7-8,11H2,1H3,(H,16,19). The highest BCUT2D eigenvalue weighted by atomic mass is 16.5. The van der Waals surface area contributed by atoms with E-state index in [1.807, 2.05) is 30.3 Å². The molecule has 0 aliphatic heterocycles. The third-order valence-corrected chi connectivity index (χ3v) is 2.89. The van der Waals surface area contributed by atoms with Crippen molar-refractivity contribution < 1.29 is 9.53 Å². The zero-order valence-electron chi connectivity index (χ0n) is 11.8. The molecule has 2 aromatic rings. The lowest BCUT2D eigenvalue weighted by Gasteiger charge is -2.08. The van der Waals surface area contributed by atoms with E-state index in [0.29, 0.717) is 18.8 Å². The van der Waals surface area contributed by atoms with Crippen molar-refractivity contribution in [1.82, 2.24) is 14.9 Å². The minimum absolute atomic E-state index is 0.0368. The van der Waals surface area contributed by atoms with Crippen LogP contribution in [-0.2, 0) is 16.1 Å². The molecule has 6 nitrogen and oxygen atoms in total. The molecule has 0 radical (unpaired) electrons. The largest absolute Gasteiger partial charge is 0.383 e. The van der Waals surface area contributed by atoms with E-state index < -0.39 is 0 Å². The molecule has 1 N–H and O–H groups in total. The second-order valence-corrected chi connectivity index (χ2v) is 4.45. The maximum Gasteiger partial charge on any atom is 0.269 e. The summed E-state index contributed by atoms with van der Waals surface area (Å²) in [5.74, 6) is -0.237. The number of rotatable bonds is 6. The number of hydrogen-bond donors (Lipinski definition) is 1. The number of hydrogen-bond acceptors (Lipinski definition) is 4. The Bertz CT molecular complexity index is 653. The highest BCUT2D eigenvalue weighted by Crippen LogP contribution is 2.13. The van der Waals surface area contributed by atoms with E-state index in [1.54, 1.807) is 13.3 Å². The molecule has 0 bridgehead atoms. The zero-order valence-corrected chi connectivity index (χ0v) is 11.8. The number of nitrogens with one attached hydrogen (secondary N) is 1.